The van der Waals surface area contributed by atoms with E-state index < -0.39 is 0 Å². The van der Waals surface area contributed by atoms with E-state index >= 15 is 0 Å². The molecule has 1 fully saturated rings. The molecular formula is C14H25N3. The quantitative estimate of drug-likeness (QED) is 0.875. The summed E-state index contributed by atoms with van der Waals surface area (Å²) in [5.41, 5.74) is 8.21. The first kappa shape index (κ1) is 12.6. The summed E-state index contributed by atoms with van der Waals surface area (Å²) in [5, 5.41) is 4.25. The Morgan fingerprint density at radius 3 is 2.41 bits per heavy atom. The molecule has 1 saturated carbocycles. The van der Waals surface area contributed by atoms with Gasteiger partial charge in [0.25, 0.3) is 0 Å². The van der Waals surface area contributed by atoms with Crippen molar-refractivity contribution in [1.82, 2.24) is 9.78 Å². The summed E-state index contributed by atoms with van der Waals surface area (Å²) in [7, 11) is 1.97. The zero-order chi connectivity index (χ0) is 12.5. The Balaban J connectivity index is 2.06. The van der Waals surface area contributed by atoms with E-state index in [9.17, 15) is 0 Å². The van der Waals surface area contributed by atoms with Gasteiger partial charge >= 0.3 is 0 Å². The molecule has 2 N–H and O–H groups in total. The summed E-state index contributed by atoms with van der Waals surface area (Å²) in [6.45, 7) is 5.55. The van der Waals surface area contributed by atoms with E-state index in [1.807, 2.05) is 17.9 Å². The predicted octanol–water partition coefficient (Wildman–Crippen LogP) is 2.51. The number of aromatic nitrogens is 2. The summed E-state index contributed by atoms with van der Waals surface area (Å²) in [6, 6.07) is 0. The molecule has 0 radical (unpaired) electrons. The van der Waals surface area contributed by atoms with Crippen LogP contribution in [0.25, 0.3) is 0 Å². The third kappa shape index (κ3) is 2.89. The van der Waals surface area contributed by atoms with Gasteiger partial charge in [-0.3, -0.25) is 4.68 Å². The molecule has 0 saturated heterocycles. The normalized spacial score (nSPS) is 22.6. The van der Waals surface area contributed by atoms with Crippen LogP contribution in [-0.2, 0) is 13.5 Å². The van der Waals surface area contributed by atoms with E-state index in [2.05, 4.69) is 25.1 Å². The highest BCUT2D eigenvalue weighted by Gasteiger charge is 2.37. The fraction of sp³-hybridized carbons (Fsp3) is 0.786. The van der Waals surface area contributed by atoms with Crippen LogP contribution in [-0.4, -0.2) is 16.3 Å². The fourth-order valence-electron chi connectivity index (χ4n) is 2.91. The minimum atomic E-state index is 0.318. The van der Waals surface area contributed by atoms with Gasteiger partial charge in [-0.05, 0) is 55.0 Å². The predicted molar refractivity (Wildman–Crippen MR) is 70.6 cm³/mol. The van der Waals surface area contributed by atoms with Crippen molar-refractivity contribution in [2.75, 3.05) is 6.54 Å². The van der Waals surface area contributed by atoms with Gasteiger partial charge in [-0.15, -0.1) is 0 Å². The van der Waals surface area contributed by atoms with Crippen molar-refractivity contribution in [3.05, 3.63) is 18.0 Å². The van der Waals surface area contributed by atoms with Gasteiger partial charge in [0.2, 0.25) is 0 Å². The van der Waals surface area contributed by atoms with Crippen molar-refractivity contribution in [1.29, 1.82) is 0 Å². The molecular weight excluding hydrogens is 210 g/mol. The summed E-state index contributed by atoms with van der Waals surface area (Å²) >= 11 is 0. The summed E-state index contributed by atoms with van der Waals surface area (Å²) in [5.74, 6) is 0. The second-order valence-corrected chi connectivity index (χ2v) is 6.57. The van der Waals surface area contributed by atoms with Crippen LogP contribution >= 0.6 is 0 Å². The lowest BCUT2D eigenvalue weighted by Crippen LogP contribution is -2.38. The number of hydrogen-bond donors (Lipinski definition) is 1. The Bertz CT molecular complexity index is 369. The maximum absolute atomic E-state index is 6.05. The number of nitrogens with zero attached hydrogens (tertiary/aromatic N) is 2. The Morgan fingerprint density at radius 1 is 1.29 bits per heavy atom. The molecule has 0 spiro atoms. The highest BCUT2D eigenvalue weighted by molar-refractivity contribution is 5.09. The van der Waals surface area contributed by atoms with Gasteiger partial charge < -0.3 is 5.73 Å². The van der Waals surface area contributed by atoms with Crippen LogP contribution in [0.1, 0.15) is 45.1 Å². The summed E-state index contributed by atoms with van der Waals surface area (Å²) in [4.78, 5) is 0. The van der Waals surface area contributed by atoms with Gasteiger partial charge in [0.15, 0.2) is 0 Å². The van der Waals surface area contributed by atoms with Gasteiger partial charge in [0.1, 0.15) is 0 Å². The molecule has 2 rings (SSSR count). The van der Waals surface area contributed by atoms with Crippen LogP contribution in [0.2, 0.25) is 0 Å². The minimum Gasteiger partial charge on any atom is -0.330 e. The first-order chi connectivity index (χ1) is 7.95. The van der Waals surface area contributed by atoms with Crippen LogP contribution in [0.3, 0.4) is 0 Å². The molecule has 1 heterocycles. The zero-order valence-electron chi connectivity index (χ0n) is 11.4. The molecule has 17 heavy (non-hydrogen) atoms. The maximum atomic E-state index is 6.05. The molecule has 0 unspecified atom stereocenters. The third-order valence-electron chi connectivity index (χ3n) is 4.43. The summed E-state index contributed by atoms with van der Waals surface area (Å²) in [6.07, 6.45) is 10.3. The fourth-order valence-corrected chi connectivity index (χ4v) is 2.91. The topological polar surface area (TPSA) is 43.8 Å². The van der Waals surface area contributed by atoms with Crippen LogP contribution in [0.15, 0.2) is 12.4 Å². The first-order valence-corrected chi connectivity index (χ1v) is 6.62. The van der Waals surface area contributed by atoms with Crippen molar-refractivity contribution < 1.29 is 0 Å². The Kier molecular flexibility index (Phi) is 3.30. The second-order valence-electron chi connectivity index (χ2n) is 6.57. The van der Waals surface area contributed by atoms with Gasteiger partial charge in [-0.2, -0.15) is 5.10 Å². The molecule has 96 valence electrons. The molecule has 0 amide bonds. The van der Waals surface area contributed by atoms with E-state index in [1.165, 1.54) is 31.2 Å². The smallest absolute Gasteiger partial charge is 0.0521 e. The van der Waals surface area contributed by atoms with Crippen LogP contribution in [0.4, 0.5) is 0 Å². The molecule has 0 aromatic carbocycles. The SMILES string of the molecule is Cn1cc(CC2(CN)CCC(C)(C)CC2)cn1. The highest BCUT2D eigenvalue weighted by atomic mass is 15.2. The first-order valence-electron chi connectivity index (χ1n) is 6.62. The van der Waals surface area contributed by atoms with E-state index in [0.29, 0.717) is 10.8 Å². The van der Waals surface area contributed by atoms with Crippen molar-refractivity contribution in [3.8, 4) is 0 Å². The molecule has 0 aliphatic heterocycles. The molecule has 0 bridgehead atoms. The molecule has 1 aromatic rings. The second kappa shape index (κ2) is 4.45. The molecule has 3 heteroatoms. The van der Waals surface area contributed by atoms with Gasteiger partial charge in [-0.1, -0.05) is 13.8 Å². The average Bonchev–Trinajstić information content (AvgIpc) is 2.68. The van der Waals surface area contributed by atoms with E-state index in [0.717, 1.165) is 13.0 Å². The van der Waals surface area contributed by atoms with Crippen molar-refractivity contribution in [3.63, 3.8) is 0 Å². The van der Waals surface area contributed by atoms with E-state index in [1.54, 1.807) is 0 Å². The molecule has 1 aliphatic rings. The Hall–Kier alpha value is -0.830. The zero-order valence-corrected chi connectivity index (χ0v) is 11.4. The van der Waals surface area contributed by atoms with E-state index in [4.69, 9.17) is 5.73 Å². The largest absolute Gasteiger partial charge is 0.330 e. The van der Waals surface area contributed by atoms with E-state index in [-0.39, 0.29) is 0 Å². The van der Waals surface area contributed by atoms with Crippen molar-refractivity contribution in [2.45, 2.75) is 46.0 Å². The van der Waals surface area contributed by atoms with Crippen molar-refractivity contribution >= 4 is 0 Å². The highest BCUT2D eigenvalue weighted by Crippen LogP contribution is 2.46. The molecule has 1 aliphatic carbocycles. The minimum absolute atomic E-state index is 0.318. The molecule has 1 aromatic heterocycles. The lowest BCUT2D eigenvalue weighted by molar-refractivity contribution is 0.108. The van der Waals surface area contributed by atoms with Crippen LogP contribution < -0.4 is 5.73 Å². The van der Waals surface area contributed by atoms with Gasteiger partial charge in [0, 0.05) is 13.2 Å². The lowest BCUT2D eigenvalue weighted by atomic mass is 9.63. The Labute approximate surface area is 104 Å². The van der Waals surface area contributed by atoms with Crippen LogP contribution in [0.5, 0.6) is 0 Å². The standard InChI is InChI=1S/C14H25N3/c1-13(2)4-6-14(11-15,7-5-13)8-12-9-16-17(3)10-12/h9-10H,4-8,11,15H2,1-3H3. The lowest BCUT2D eigenvalue weighted by Gasteiger charge is -2.43. The number of rotatable bonds is 3. The third-order valence-corrected chi connectivity index (χ3v) is 4.43. The van der Waals surface area contributed by atoms with Crippen LogP contribution in [0, 0.1) is 10.8 Å². The number of hydrogen-bond acceptors (Lipinski definition) is 2. The maximum Gasteiger partial charge on any atom is 0.0521 e. The molecule has 3 nitrogen and oxygen atoms in total. The number of nitrogens with two attached hydrogens (primary N) is 1. The average molecular weight is 235 g/mol. The molecule has 0 atom stereocenters. The number of aryl methyl sites for hydroxylation is 1. The van der Waals surface area contributed by atoms with Crippen molar-refractivity contribution in [2.24, 2.45) is 23.6 Å². The monoisotopic (exact) mass is 235 g/mol. The van der Waals surface area contributed by atoms with Gasteiger partial charge in [0.05, 0.1) is 6.20 Å². The van der Waals surface area contributed by atoms with Gasteiger partial charge in [-0.25, -0.2) is 0 Å². The summed E-state index contributed by atoms with van der Waals surface area (Å²) < 4.78 is 1.88. The Morgan fingerprint density at radius 2 is 1.94 bits per heavy atom.